The zero-order chi connectivity index (χ0) is 51.4. The summed E-state index contributed by atoms with van der Waals surface area (Å²) in [5.74, 6) is -0.327. The number of hydrogen-bond acceptors (Lipinski definition) is 4. The molecule has 5 heteroatoms. The third-order valence-corrected chi connectivity index (χ3v) is 14.5. The normalized spacial score (nSPS) is 13.6. The Morgan fingerprint density at radius 1 is 0.366 bits per heavy atom. The van der Waals surface area contributed by atoms with Crippen molar-refractivity contribution in [1.82, 2.24) is 5.32 Å². The van der Waals surface area contributed by atoms with E-state index in [1.807, 2.05) is 6.08 Å². The number of rotatable bonds is 58. The lowest BCUT2D eigenvalue weighted by atomic mass is 10.0. The van der Waals surface area contributed by atoms with Gasteiger partial charge in [0.15, 0.2) is 0 Å². The van der Waals surface area contributed by atoms with Gasteiger partial charge in [-0.15, -0.1) is 0 Å². The number of nitrogens with one attached hydrogen (secondary N) is 1. The predicted octanol–water partition coefficient (Wildman–Crippen LogP) is 20.1. The zero-order valence-electron chi connectivity index (χ0n) is 47.6. The maximum atomic E-state index is 12.5. The van der Waals surface area contributed by atoms with Crippen LogP contribution in [0.3, 0.4) is 0 Å². The molecule has 4 N–H and O–H groups in total. The largest absolute Gasteiger partial charge is 0.394 e. The summed E-state index contributed by atoms with van der Waals surface area (Å²) in [5, 5.41) is 33.5. The van der Waals surface area contributed by atoms with Crippen LogP contribution < -0.4 is 5.32 Å². The molecule has 0 heterocycles. The molecule has 0 aliphatic heterocycles. The molecular weight excluding hydrogens is 871 g/mol. The van der Waals surface area contributed by atoms with E-state index >= 15 is 0 Å². The Morgan fingerprint density at radius 2 is 0.648 bits per heavy atom. The molecule has 5 nitrogen and oxygen atoms in total. The molecule has 0 saturated carbocycles. The second kappa shape index (κ2) is 60.6. The first-order chi connectivity index (χ1) is 35.0. The molecule has 0 aromatic carbocycles. The number of amides is 1. The van der Waals surface area contributed by atoms with Crippen molar-refractivity contribution in [2.75, 3.05) is 6.61 Å². The average molecular weight is 995 g/mol. The summed E-state index contributed by atoms with van der Waals surface area (Å²) in [6.45, 7) is 4.23. The van der Waals surface area contributed by atoms with Crippen LogP contribution in [0.4, 0.5) is 0 Å². The fraction of sp³-hybridized carbons (Fsp3) is 0.833. The van der Waals surface area contributed by atoms with Gasteiger partial charge in [0.1, 0.15) is 0 Å². The molecule has 0 bridgehead atoms. The quantitative estimate of drug-likeness (QED) is 0.0361. The lowest BCUT2D eigenvalue weighted by molar-refractivity contribution is -0.124. The Hall–Kier alpha value is -1.95. The Kier molecular flexibility index (Phi) is 58.9. The SMILES string of the molecule is CCCCCCCCCCCCC/C=C/CC/C=C/CC/C=C/C(O)C(CO)NC(=O)CC(O)CCCCCCCCCCCCCCCCC/C=C\C/C=C\CCCCCCCCCCCCCCC. The number of carbonyl (C=O) groups is 1. The molecular formula is C66H123NO4. The molecule has 3 unspecified atom stereocenters. The van der Waals surface area contributed by atoms with Gasteiger partial charge in [-0.3, -0.25) is 4.79 Å². The van der Waals surface area contributed by atoms with Crippen LogP contribution in [0.1, 0.15) is 328 Å². The summed E-state index contributed by atoms with van der Waals surface area (Å²) in [6.07, 6.45) is 83.0. The Morgan fingerprint density at radius 3 is 0.986 bits per heavy atom. The van der Waals surface area contributed by atoms with Crippen molar-refractivity contribution in [2.45, 2.75) is 347 Å². The molecule has 0 aliphatic rings. The predicted molar refractivity (Wildman–Crippen MR) is 314 cm³/mol. The van der Waals surface area contributed by atoms with Crippen molar-refractivity contribution in [1.29, 1.82) is 0 Å². The minimum Gasteiger partial charge on any atom is -0.394 e. The van der Waals surface area contributed by atoms with Crippen LogP contribution in [-0.4, -0.2) is 46.1 Å². The molecule has 0 saturated heterocycles. The summed E-state index contributed by atoms with van der Waals surface area (Å²) < 4.78 is 0. The Bertz CT molecular complexity index is 1190. The van der Waals surface area contributed by atoms with Gasteiger partial charge in [0.25, 0.3) is 0 Å². The van der Waals surface area contributed by atoms with Crippen molar-refractivity contribution in [3.8, 4) is 0 Å². The summed E-state index contributed by atoms with van der Waals surface area (Å²) >= 11 is 0. The molecule has 3 atom stereocenters. The molecule has 0 rings (SSSR count). The van der Waals surface area contributed by atoms with Gasteiger partial charge in [-0.05, 0) is 77.0 Å². The first kappa shape index (κ1) is 69.0. The van der Waals surface area contributed by atoms with E-state index in [9.17, 15) is 20.1 Å². The molecule has 416 valence electrons. The lowest BCUT2D eigenvalue weighted by Gasteiger charge is -2.21. The van der Waals surface area contributed by atoms with Gasteiger partial charge in [-0.2, -0.15) is 0 Å². The molecule has 1 amide bonds. The van der Waals surface area contributed by atoms with E-state index in [1.165, 1.54) is 257 Å². The third kappa shape index (κ3) is 57.2. The maximum Gasteiger partial charge on any atom is 0.222 e. The van der Waals surface area contributed by atoms with Crippen molar-refractivity contribution in [3.63, 3.8) is 0 Å². The van der Waals surface area contributed by atoms with Crippen LogP contribution in [0.15, 0.2) is 60.8 Å². The molecule has 0 aromatic heterocycles. The highest BCUT2D eigenvalue weighted by Gasteiger charge is 2.20. The van der Waals surface area contributed by atoms with Crippen LogP contribution in [0, 0.1) is 0 Å². The van der Waals surface area contributed by atoms with Crippen LogP contribution >= 0.6 is 0 Å². The second-order valence-electron chi connectivity index (χ2n) is 21.6. The molecule has 0 aromatic rings. The number of aliphatic hydroxyl groups is 3. The van der Waals surface area contributed by atoms with Gasteiger partial charge >= 0.3 is 0 Å². The zero-order valence-corrected chi connectivity index (χ0v) is 47.6. The molecule has 0 fully saturated rings. The van der Waals surface area contributed by atoms with Crippen molar-refractivity contribution in [2.24, 2.45) is 0 Å². The van der Waals surface area contributed by atoms with Crippen LogP contribution in [0.25, 0.3) is 0 Å². The number of unbranched alkanes of at least 4 members (excludes halogenated alkanes) is 41. The Labute approximate surface area is 443 Å². The van der Waals surface area contributed by atoms with E-state index in [4.69, 9.17) is 0 Å². The first-order valence-electron chi connectivity index (χ1n) is 31.6. The van der Waals surface area contributed by atoms with E-state index in [-0.39, 0.29) is 18.9 Å². The van der Waals surface area contributed by atoms with Crippen LogP contribution in [0.2, 0.25) is 0 Å². The number of aliphatic hydroxyl groups excluding tert-OH is 3. The topological polar surface area (TPSA) is 89.8 Å². The average Bonchev–Trinajstić information content (AvgIpc) is 3.37. The van der Waals surface area contributed by atoms with Gasteiger partial charge in [0.05, 0.1) is 31.3 Å². The Balaban J connectivity index is 3.57. The van der Waals surface area contributed by atoms with Crippen molar-refractivity contribution >= 4 is 5.91 Å². The van der Waals surface area contributed by atoms with E-state index in [1.54, 1.807) is 6.08 Å². The highest BCUT2D eigenvalue weighted by atomic mass is 16.3. The van der Waals surface area contributed by atoms with Gasteiger partial charge in [0.2, 0.25) is 5.91 Å². The highest BCUT2D eigenvalue weighted by Crippen LogP contribution is 2.17. The van der Waals surface area contributed by atoms with E-state index in [0.29, 0.717) is 6.42 Å². The lowest BCUT2D eigenvalue weighted by Crippen LogP contribution is -2.45. The number of hydrogen-bond donors (Lipinski definition) is 4. The van der Waals surface area contributed by atoms with E-state index in [0.717, 1.165) is 44.9 Å². The first-order valence-corrected chi connectivity index (χ1v) is 31.6. The molecule has 0 spiro atoms. The van der Waals surface area contributed by atoms with E-state index in [2.05, 4.69) is 67.8 Å². The van der Waals surface area contributed by atoms with Crippen molar-refractivity contribution < 1.29 is 20.1 Å². The third-order valence-electron chi connectivity index (χ3n) is 14.5. The second-order valence-corrected chi connectivity index (χ2v) is 21.6. The fourth-order valence-corrected chi connectivity index (χ4v) is 9.70. The van der Waals surface area contributed by atoms with Gasteiger partial charge in [-0.25, -0.2) is 0 Å². The number of allylic oxidation sites excluding steroid dienone is 9. The van der Waals surface area contributed by atoms with E-state index < -0.39 is 18.2 Å². The molecule has 0 aliphatic carbocycles. The minimum atomic E-state index is -0.963. The standard InChI is InChI=1S/C66H123NO4/c1-3-5-7-9-11-13-15-17-19-21-23-25-26-27-28-29-30-31-32-33-34-35-36-37-38-40-41-43-45-47-49-51-53-55-57-59-63(69)61-66(71)67-64(62-68)65(70)60-58-56-54-52-50-48-46-44-42-39-24-22-20-18-16-14-12-10-8-6-4-2/h28-29,31-32,42,44,50,52,58,60,63-65,68-70H,3-27,30,33-41,43,45-49,51,53-57,59,61-62H2,1-2H3,(H,67,71)/b29-28-,32-31-,44-42+,52-50+,60-58+. The smallest absolute Gasteiger partial charge is 0.222 e. The van der Waals surface area contributed by atoms with Gasteiger partial charge in [0, 0.05) is 0 Å². The summed E-state index contributed by atoms with van der Waals surface area (Å²) in [7, 11) is 0. The number of carbonyl (C=O) groups excluding carboxylic acids is 1. The maximum absolute atomic E-state index is 12.5. The van der Waals surface area contributed by atoms with Gasteiger partial charge in [-0.1, -0.05) is 306 Å². The van der Waals surface area contributed by atoms with Crippen LogP contribution in [-0.2, 0) is 4.79 Å². The van der Waals surface area contributed by atoms with Crippen molar-refractivity contribution in [3.05, 3.63) is 60.8 Å². The minimum absolute atomic E-state index is 0.00170. The molecule has 71 heavy (non-hydrogen) atoms. The fourth-order valence-electron chi connectivity index (χ4n) is 9.70. The van der Waals surface area contributed by atoms with Crippen LogP contribution in [0.5, 0.6) is 0 Å². The molecule has 0 radical (unpaired) electrons. The summed E-state index contributed by atoms with van der Waals surface area (Å²) in [4.78, 5) is 12.5. The monoisotopic (exact) mass is 994 g/mol. The summed E-state index contributed by atoms with van der Waals surface area (Å²) in [5.41, 5.74) is 0. The highest BCUT2D eigenvalue weighted by molar-refractivity contribution is 5.76. The van der Waals surface area contributed by atoms with Gasteiger partial charge < -0.3 is 20.6 Å². The summed E-state index contributed by atoms with van der Waals surface area (Å²) in [6, 6.07) is -0.771.